The Bertz CT molecular complexity index is 688. The van der Waals surface area contributed by atoms with Gasteiger partial charge in [0.05, 0.1) is 12.1 Å². The molecular weight excluding hydrogens is 316 g/mol. The molecule has 25 heavy (non-hydrogen) atoms. The number of aromatic nitrogens is 1. The van der Waals surface area contributed by atoms with Gasteiger partial charge in [0.2, 0.25) is 5.91 Å². The first-order valence-corrected chi connectivity index (χ1v) is 8.93. The van der Waals surface area contributed by atoms with Gasteiger partial charge in [-0.3, -0.25) is 9.69 Å². The Morgan fingerprint density at radius 3 is 2.52 bits per heavy atom. The van der Waals surface area contributed by atoms with Gasteiger partial charge in [-0.2, -0.15) is 0 Å². The van der Waals surface area contributed by atoms with E-state index in [0.717, 1.165) is 31.9 Å². The van der Waals surface area contributed by atoms with Gasteiger partial charge in [-0.15, -0.1) is 0 Å². The van der Waals surface area contributed by atoms with E-state index in [4.69, 9.17) is 4.52 Å². The van der Waals surface area contributed by atoms with Gasteiger partial charge in [-0.1, -0.05) is 12.1 Å². The first-order valence-electron chi connectivity index (χ1n) is 8.93. The summed E-state index contributed by atoms with van der Waals surface area (Å²) in [5.41, 5.74) is 2.66. The molecule has 0 atom stereocenters. The standard InChI is InChI=1S/C19H26N4O2/c1-3-8-22-9-11-23(12-10-22)18-6-4-16(5-7-18)20-19(24)14-17-13-15(2)25-21-17/h4-7,13H,3,8-12,14H2,1-2H3,(H,20,24). The number of nitrogens with zero attached hydrogens (tertiary/aromatic N) is 3. The van der Waals surface area contributed by atoms with Crippen molar-refractivity contribution >= 4 is 17.3 Å². The molecule has 1 N–H and O–H groups in total. The average molecular weight is 342 g/mol. The fourth-order valence-electron chi connectivity index (χ4n) is 3.17. The van der Waals surface area contributed by atoms with Crippen LogP contribution in [-0.4, -0.2) is 48.7 Å². The van der Waals surface area contributed by atoms with Crippen molar-refractivity contribution in [3.05, 3.63) is 41.8 Å². The zero-order valence-electron chi connectivity index (χ0n) is 15.0. The third-order valence-corrected chi connectivity index (χ3v) is 4.45. The Labute approximate surface area is 148 Å². The SMILES string of the molecule is CCCN1CCN(c2ccc(NC(=O)Cc3cc(C)on3)cc2)CC1. The Hall–Kier alpha value is -2.34. The number of aryl methyl sites for hydroxylation is 1. The van der Waals surface area contributed by atoms with Crippen LogP contribution in [0.25, 0.3) is 0 Å². The summed E-state index contributed by atoms with van der Waals surface area (Å²) in [5.74, 6) is 0.625. The van der Waals surface area contributed by atoms with Crippen molar-refractivity contribution in [2.24, 2.45) is 0 Å². The molecular formula is C19H26N4O2. The van der Waals surface area contributed by atoms with Crippen LogP contribution in [0.5, 0.6) is 0 Å². The minimum atomic E-state index is -0.0887. The van der Waals surface area contributed by atoms with Crippen molar-refractivity contribution in [1.82, 2.24) is 10.1 Å². The molecule has 1 aliphatic heterocycles. The molecule has 0 aliphatic carbocycles. The highest BCUT2D eigenvalue weighted by atomic mass is 16.5. The molecule has 1 amide bonds. The van der Waals surface area contributed by atoms with Crippen molar-refractivity contribution in [2.45, 2.75) is 26.7 Å². The highest BCUT2D eigenvalue weighted by Crippen LogP contribution is 2.20. The van der Waals surface area contributed by atoms with E-state index in [1.807, 2.05) is 19.1 Å². The predicted octanol–water partition coefficient (Wildman–Crippen LogP) is 2.70. The van der Waals surface area contributed by atoms with Crippen molar-refractivity contribution in [1.29, 1.82) is 0 Å². The summed E-state index contributed by atoms with van der Waals surface area (Å²) < 4.78 is 4.98. The van der Waals surface area contributed by atoms with Crippen LogP contribution in [0.15, 0.2) is 34.9 Å². The van der Waals surface area contributed by atoms with Crippen molar-refractivity contribution in [2.75, 3.05) is 42.9 Å². The Kier molecular flexibility index (Phi) is 5.71. The first kappa shape index (κ1) is 17.5. The number of nitrogens with one attached hydrogen (secondary N) is 1. The molecule has 1 aliphatic rings. The third kappa shape index (κ3) is 4.82. The van der Waals surface area contributed by atoms with Gasteiger partial charge in [0.15, 0.2) is 0 Å². The molecule has 0 radical (unpaired) electrons. The maximum atomic E-state index is 12.1. The molecule has 6 heteroatoms. The second-order valence-electron chi connectivity index (χ2n) is 6.53. The van der Waals surface area contributed by atoms with Gasteiger partial charge in [0, 0.05) is 43.6 Å². The number of rotatable bonds is 6. The van der Waals surface area contributed by atoms with Gasteiger partial charge in [0.25, 0.3) is 0 Å². The van der Waals surface area contributed by atoms with Crippen LogP contribution in [0.4, 0.5) is 11.4 Å². The fourth-order valence-corrected chi connectivity index (χ4v) is 3.17. The van der Waals surface area contributed by atoms with Crippen LogP contribution in [0.2, 0.25) is 0 Å². The fraction of sp³-hybridized carbons (Fsp3) is 0.474. The molecule has 0 bridgehead atoms. The first-order chi connectivity index (χ1) is 12.1. The van der Waals surface area contributed by atoms with Gasteiger partial charge in [0.1, 0.15) is 5.76 Å². The molecule has 0 saturated carbocycles. The summed E-state index contributed by atoms with van der Waals surface area (Å²) in [4.78, 5) is 17.0. The topological polar surface area (TPSA) is 61.6 Å². The molecule has 2 aromatic rings. The number of benzene rings is 1. The number of amides is 1. The lowest BCUT2D eigenvalue weighted by molar-refractivity contribution is -0.115. The molecule has 0 spiro atoms. The van der Waals surface area contributed by atoms with Crippen LogP contribution < -0.4 is 10.2 Å². The molecule has 2 heterocycles. The van der Waals surface area contributed by atoms with E-state index in [-0.39, 0.29) is 12.3 Å². The largest absolute Gasteiger partial charge is 0.369 e. The number of piperazine rings is 1. The molecule has 0 unspecified atom stereocenters. The van der Waals surface area contributed by atoms with Crippen LogP contribution in [-0.2, 0) is 11.2 Å². The third-order valence-electron chi connectivity index (χ3n) is 4.45. The van der Waals surface area contributed by atoms with Crippen LogP contribution in [0, 0.1) is 6.92 Å². The second kappa shape index (κ2) is 8.16. The summed E-state index contributed by atoms with van der Waals surface area (Å²) in [6.07, 6.45) is 1.43. The maximum absolute atomic E-state index is 12.1. The monoisotopic (exact) mass is 342 g/mol. The van der Waals surface area contributed by atoms with E-state index in [2.05, 4.69) is 39.3 Å². The molecule has 1 fully saturated rings. The lowest BCUT2D eigenvalue weighted by Crippen LogP contribution is -2.46. The van der Waals surface area contributed by atoms with Crippen LogP contribution in [0.1, 0.15) is 24.8 Å². The van der Waals surface area contributed by atoms with Crippen LogP contribution in [0.3, 0.4) is 0 Å². The Morgan fingerprint density at radius 1 is 1.20 bits per heavy atom. The number of anilines is 2. The van der Waals surface area contributed by atoms with E-state index in [1.165, 1.54) is 18.7 Å². The smallest absolute Gasteiger partial charge is 0.230 e. The number of carbonyl (C=O) groups is 1. The predicted molar refractivity (Wildman–Crippen MR) is 99.0 cm³/mol. The van der Waals surface area contributed by atoms with Gasteiger partial charge < -0.3 is 14.7 Å². The lowest BCUT2D eigenvalue weighted by Gasteiger charge is -2.36. The summed E-state index contributed by atoms with van der Waals surface area (Å²) in [6, 6.07) is 9.84. The van der Waals surface area contributed by atoms with Gasteiger partial charge in [-0.05, 0) is 44.2 Å². The van der Waals surface area contributed by atoms with E-state index in [0.29, 0.717) is 11.5 Å². The minimum absolute atomic E-state index is 0.0887. The van der Waals surface area contributed by atoms with E-state index in [9.17, 15) is 4.79 Å². The molecule has 1 aromatic heterocycles. The van der Waals surface area contributed by atoms with Crippen molar-refractivity contribution in [3.8, 4) is 0 Å². The van der Waals surface area contributed by atoms with E-state index < -0.39 is 0 Å². The van der Waals surface area contributed by atoms with Crippen LogP contribution >= 0.6 is 0 Å². The molecule has 134 valence electrons. The number of carbonyl (C=O) groups excluding carboxylic acids is 1. The van der Waals surface area contributed by atoms with E-state index >= 15 is 0 Å². The average Bonchev–Trinajstić information content (AvgIpc) is 3.01. The Balaban J connectivity index is 1.51. The minimum Gasteiger partial charge on any atom is -0.369 e. The summed E-state index contributed by atoms with van der Waals surface area (Å²) in [7, 11) is 0. The zero-order chi connectivity index (χ0) is 17.6. The second-order valence-corrected chi connectivity index (χ2v) is 6.53. The lowest BCUT2D eigenvalue weighted by atomic mass is 10.2. The quantitative estimate of drug-likeness (QED) is 0.874. The van der Waals surface area contributed by atoms with Gasteiger partial charge in [-0.25, -0.2) is 0 Å². The summed E-state index contributed by atoms with van der Waals surface area (Å²) >= 11 is 0. The zero-order valence-corrected chi connectivity index (χ0v) is 15.0. The normalized spacial score (nSPS) is 15.4. The molecule has 1 aromatic carbocycles. The highest BCUT2D eigenvalue weighted by Gasteiger charge is 2.16. The Morgan fingerprint density at radius 2 is 1.92 bits per heavy atom. The number of hydrogen-bond donors (Lipinski definition) is 1. The van der Waals surface area contributed by atoms with Crippen molar-refractivity contribution < 1.29 is 9.32 Å². The van der Waals surface area contributed by atoms with Crippen molar-refractivity contribution in [3.63, 3.8) is 0 Å². The van der Waals surface area contributed by atoms with Gasteiger partial charge >= 0.3 is 0 Å². The maximum Gasteiger partial charge on any atom is 0.230 e. The molecule has 1 saturated heterocycles. The molecule has 6 nitrogen and oxygen atoms in total. The van der Waals surface area contributed by atoms with E-state index in [1.54, 1.807) is 6.07 Å². The number of hydrogen-bond acceptors (Lipinski definition) is 5. The molecule has 3 rings (SSSR count). The summed E-state index contributed by atoms with van der Waals surface area (Å²) in [5, 5.41) is 6.75. The summed E-state index contributed by atoms with van der Waals surface area (Å²) in [6.45, 7) is 9.56. The highest BCUT2D eigenvalue weighted by molar-refractivity contribution is 5.92.